The third kappa shape index (κ3) is 2.17. The first-order valence-electron chi connectivity index (χ1n) is 7.13. The van der Waals surface area contributed by atoms with Crippen LogP contribution < -0.4 is 5.32 Å². The van der Waals surface area contributed by atoms with Gasteiger partial charge in [-0.3, -0.25) is 0 Å². The standard InChI is InChI=1S/C16H23N3/c1-11-15(13-6-4-5-7-14(13)18-11)16(19(2)3)12-8-9-17-10-12/h4-7,12,16-18H,8-10H2,1-3H3. The Balaban J connectivity index is 2.11. The van der Waals surface area contributed by atoms with E-state index in [1.165, 1.54) is 28.6 Å². The molecule has 0 saturated carbocycles. The van der Waals surface area contributed by atoms with Crippen molar-refractivity contribution in [2.24, 2.45) is 5.92 Å². The van der Waals surface area contributed by atoms with Crippen LogP contribution >= 0.6 is 0 Å². The molecule has 0 spiro atoms. The monoisotopic (exact) mass is 257 g/mol. The molecule has 0 amide bonds. The molecular formula is C16H23N3. The van der Waals surface area contributed by atoms with Crippen molar-refractivity contribution < 1.29 is 0 Å². The maximum atomic E-state index is 3.54. The quantitative estimate of drug-likeness (QED) is 0.886. The Morgan fingerprint density at radius 3 is 2.74 bits per heavy atom. The second-order valence-corrected chi connectivity index (χ2v) is 5.87. The van der Waals surface area contributed by atoms with Crippen LogP contribution in [0.5, 0.6) is 0 Å². The minimum atomic E-state index is 0.492. The molecule has 102 valence electrons. The average molecular weight is 257 g/mol. The van der Waals surface area contributed by atoms with Crippen LogP contribution in [0.25, 0.3) is 10.9 Å². The number of hydrogen-bond donors (Lipinski definition) is 2. The summed E-state index contributed by atoms with van der Waals surface area (Å²) in [7, 11) is 4.40. The number of para-hydroxylation sites is 1. The summed E-state index contributed by atoms with van der Waals surface area (Å²) >= 11 is 0. The van der Waals surface area contributed by atoms with Crippen molar-refractivity contribution >= 4 is 10.9 Å². The highest BCUT2D eigenvalue weighted by Gasteiger charge is 2.30. The Kier molecular flexibility index (Phi) is 3.33. The number of H-pyrrole nitrogens is 1. The van der Waals surface area contributed by atoms with Gasteiger partial charge >= 0.3 is 0 Å². The Bertz CT molecular complexity index is 564. The van der Waals surface area contributed by atoms with E-state index < -0.39 is 0 Å². The lowest BCUT2D eigenvalue weighted by Gasteiger charge is -2.30. The first-order valence-corrected chi connectivity index (χ1v) is 7.13. The maximum absolute atomic E-state index is 3.54. The molecule has 1 aromatic carbocycles. The molecule has 1 aromatic heterocycles. The van der Waals surface area contributed by atoms with Crippen LogP contribution in [0.1, 0.15) is 23.7 Å². The summed E-state index contributed by atoms with van der Waals surface area (Å²) in [6.07, 6.45) is 1.27. The van der Waals surface area contributed by atoms with Gasteiger partial charge in [-0.15, -0.1) is 0 Å². The number of aromatic nitrogens is 1. The second-order valence-electron chi connectivity index (χ2n) is 5.87. The van der Waals surface area contributed by atoms with Gasteiger partial charge in [-0.05, 0) is 58.1 Å². The number of rotatable bonds is 3. The zero-order chi connectivity index (χ0) is 13.4. The van der Waals surface area contributed by atoms with E-state index in [2.05, 4.69) is 60.5 Å². The number of aryl methyl sites for hydroxylation is 1. The molecule has 2 N–H and O–H groups in total. The highest BCUT2D eigenvalue weighted by Crippen LogP contribution is 2.37. The molecule has 19 heavy (non-hydrogen) atoms. The number of hydrogen-bond acceptors (Lipinski definition) is 2. The van der Waals surface area contributed by atoms with Crippen molar-refractivity contribution in [2.75, 3.05) is 27.2 Å². The molecule has 2 atom stereocenters. The molecule has 1 saturated heterocycles. The lowest BCUT2D eigenvalue weighted by Crippen LogP contribution is -2.29. The molecule has 3 rings (SSSR count). The van der Waals surface area contributed by atoms with Crippen molar-refractivity contribution in [3.63, 3.8) is 0 Å². The molecule has 3 nitrogen and oxygen atoms in total. The summed E-state index contributed by atoms with van der Waals surface area (Å²) in [5.74, 6) is 0.702. The van der Waals surface area contributed by atoms with Gasteiger partial charge in [0.25, 0.3) is 0 Å². The van der Waals surface area contributed by atoms with Gasteiger partial charge < -0.3 is 15.2 Å². The summed E-state index contributed by atoms with van der Waals surface area (Å²) in [6, 6.07) is 9.15. The molecule has 1 aliphatic rings. The van der Waals surface area contributed by atoms with E-state index in [4.69, 9.17) is 0 Å². The van der Waals surface area contributed by atoms with Gasteiger partial charge in [0, 0.05) is 22.6 Å². The summed E-state index contributed by atoms with van der Waals surface area (Å²) < 4.78 is 0. The van der Waals surface area contributed by atoms with E-state index in [0.29, 0.717) is 12.0 Å². The van der Waals surface area contributed by atoms with Crippen LogP contribution in [0.3, 0.4) is 0 Å². The maximum Gasteiger partial charge on any atom is 0.0459 e. The zero-order valence-corrected chi connectivity index (χ0v) is 12.0. The van der Waals surface area contributed by atoms with Crippen LogP contribution in [0, 0.1) is 12.8 Å². The first-order chi connectivity index (χ1) is 9.18. The van der Waals surface area contributed by atoms with E-state index in [1.807, 2.05) is 0 Å². The van der Waals surface area contributed by atoms with E-state index in [9.17, 15) is 0 Å². The predicted octanol–water partition coefficient (Wildman–Crippen LogP) is 2.69. The van der Waals surface area contributed by atoms with E-state index in [0.717, 1.165) is 13.1 Å². The molecular weight excluding hydrogens is 234 g/mol. The summed E-state index contributed by atoms with van der Waals surface area (Å²) in [5.41, 5.74) is 4.05. The largest absolute Gasteiger partial charge is 0.358 e. The summed E-state index contributed by atoms with van der Waals surface area (Å²) in [6.45, 7) is 4.48. The van der Waals surface area contributed by atoms with E-state index >= 15 is 0 Å². The normalized spacial score (nSPS) is 21.4. The Labute approximate surface area is 115 Å². The highest BCUT2D eigenvalue weighted by atomic mass is 15.1. The van der Waals surface area contributed by atoms with E-state index in [-0.39, 0.29) is 0 Å². The molecule has 2 unspecified atom stereocenters. The molecule has 3 heteroatoms. The summed E-state index contributed by atoms with van der Waals surface area (Å²) in [4.78, 5) is 5.91. The zero-order valence-electron chi connectivity index (χ0n) is 12.0. The predicted molar refractivity (Wildman–Crippen MR) is 80.4 cm³/mol. The molecule has 2 aromatic rings. The van der Waals surface area contributed by atoms with E-state index in [1.54, 1.807) is 0 Å². The number of nitrogens with one attached hydrogen (secondary N) is 2. The first kappa shape index (κ1) is 12.7. The lowest BCUT2D eigenvalue weighted by molar-refractivity contribution is 0.224. The fourth-order valence-corrected chi connectivity index (χ4v) is 3.54. The van der Waals surface area contributed by atoms with Gasteiger partial charge in [0.15, 0.2) is 0 Å². The molecule has 0 aliphatic carbocycles. The van der Waals surface area contributed by atoms with Gasteiger partial charge in [0.05, 0.1) is 0 Å². The second kappa shape index (κ2) is 4.99. The minimum Gasteiger partial charge on any atom is -0.358 e. The molecule has 1 fully saturated rings. The molecule has 0 bridgehead atoms. The van der Waals surface area contributed by atoms with Crippen molar-refractivity contribution in [1.29, 1.82) is 0 Å². The van der Waals surface area contributed by atoms with Crippen LogP contribution in [-0.2, 0) is 0 Å². The van der Waals surface area contributed by atoms with Gasteiger partial charge in [-0.2, -0.15) is 0 Å². The fraction of sp³-hybridized carbons (Fsp3) is 0.500. The third-order valence-electron chi connectivity index (χ3n) is 4.34. The van der Waals surface area contributed by atoms with Gasteiger partial charge in [0.2, 0.25) is 0 Å². The molecule has 2 heterocycles. The Morgan fingerprint density at radius 1 is 1.26 bits per heavy atom. The van der Waals surface area contributed by atoms with Crippen LogP contribution in [0.2, 0.25) is 0 Å². The van der Waals surface area contributed by atoms with Gasteiger partial charge in [-0.25, -0.2) is 0 Å². The average Bonchev–Trinajstić information content (AvgIpc) is 2.99. The SMILES string of the molecule is Cc1[nH]c2ccccc2c1C(C1CCNC1)N(C)C. The number of nitrogens with zero attached hydrogens (tertiary/aromatic N) is 1. The van der Waals surface area contributed by atoms with Gasteiger partial charge in [0.1, 0.15) is 0 Å². The topological polar surface area (TPSA) is 31.1 Å². The summed E-state index contributed by atoms with van der Waals surface area (Å²) in [5, 5.41) is 4.88. The van der Waals surface area contributed by atoms with Crippen LogP contribution in [-0.4, -0.2) is 37.1 Å². The number of aromatic amines is 1. The van der Waals surface area contributed by atoms with Crippen LogP contribution in [0.4, 0.5) is 0 Å². The highest BCUT2D eigenvalue weighted by molar-refractivity contribution is 5.85. The molecule has 0 radical (unpaired) electrons. The van der Waals surface area contributed by atoms with Crippen molar-refractivity contribution in [3.05, 3.63) is 35.5 Å². The van der Waals surface area contributed by atoms with Crippen molar-refractivity contribution in [2.45, 2.75) is 19.4 Å². The Morgan fingerprint density at radius 2 is 2.05 bits per heavy atom. The minimum absolute atomic E-state index is 0.492. The fourth-order valence-electron chi connectivity index (χ4n) is 3.54. The molecule has 1 aliphatic heterocycles. The third-order valence-corrected chi connectivity index (χ3v) is 4.34. The van der Waals surface area contributed by atoms with Crippen molar-refractivity contribution in [3.8, 4) is 0 Å². The number of benzene rings is 1. The smallest absolute Gasteiger partial charge is 0.0459 e. The number of fused-ring (bicyclic) bond motifs is 1. The van der Waals surface area contributed by atoms with Gasteiger partial charge in [-0.1, -0.05) is 18.2 Å². The Hall–Kier alpha value is -1.32. The van der Waals surface area contributed by atoms with Crippen molar-refractivity contribution in [1.82, 2.24) is 15.2 Å². The van der Waals surface area contributed by atoms with Crippen LogP contribution in [0.15, 0.2) is 24.3 Å². The lowest BCUT2D eigenvalue weighted by atomic mass is 9.89.